The van der Waals surface area contributed by atoms with Gasteiger partial charge in [-0.25, -0.2) is 19.2 Å². The van der Waals surface area contributed by atoms with Gasteiger partial charge in [0.25, 0.3) is 0 Å². The number of halogens is 1. The van der Waals surface area contributed by atoms with E-state index in [9.17, 15) is 9.18 Å². The molecule has 0 spiro atoms. The first-order valence-electron chi connectivity index (χ1n) is 7.05. The second kappa shape index (κ2) is 6.37. The Morgan fingerprint density at radius 2 is 2.09 bits per heavy atom. The molecule has 0 aliphatic carbocycles. The van der Waals surface area contributed by atoms with Crippen molar-refractivity contribution in [2.24, 2.45) is 0 Å². The lowest BCUT2D eigenvalue weighted by Crippen LogP contribution is -2.11. The summed E-state index contributed by atoms with van der Waals surface area (Å²) in [4.78, 5) is 20.9. The fourth-order valence-corrected chi connectivity index (χ4v) is 2.46. The molecule has 0 N–H and O–H groups in total. The molecule has 3 aromatic rings. The van der Waals surface area contributed by atoms with Crippen LogP contribution in [0.4, 0.5) is 4.39 Å². The number of carbonyl (C=O) groups excluding carboxylic acids is 1. The molecule has 0 saturated carbocycles. The van der Waals surface area contributed by atoms with E-state index in [1.54, 1.807) is 35.9 Å². The van der Waals surface area contributed by atoms with Gasteiger partial charge in [-0.1, -0.05) is 0 Å². The monoisotopic (exact) mass is 331 g/mol. The Kier molecular flexibility index (Phi) is 4.29. The Bertz CT molecular complexity index is 862. The molecule has 0 unspecified atom stereocenters. The van der Waals surface area contributed by atoms with Gasteiger partial charge in [0, 0.05) is 17.3 Å². The molecule has 2 heterocycles. The lowest BCUT2D eigenvalue weighted by Gasteiger charge is -2.10. The number of nitrogens with zero attached hydrogens (tertiary/aromatic N) is 3. The Balaban J connectivity index is 2.27. The molecule has 3 rings (SSSR count). The number of ether oxygens (including phenoxy) is 1. The number of rotatable bonds is 4. The van der Waals surface area contributed by atoms with Crippen LogP contribution in [0.2, 0.25) is 0 Å². The lowest BCUT2D eigenvalue weighted by atomic mass is 10.3. The summed E-state index contributed by atoms with van der Waals surface area (Å²) in [6.07, 6.45) is 1.64. The number of aromatic nitrogens is 3. The van der Waals surface area contributed by atoms with Gasteiger partial charge in [0.05, 0.1) is 12.4 Å². The van der Waals surface area contributed by atoms with Crippen LogP contribution in [-0.4, -0.2) is 27.1 Å². The SMILES string of the molecule is CCOC(=O)c1cc2cnc(CS)nc2n1-c1ccc(F)cc1. The second-order valence-corrected chi connectivity index (χ2v) is 5.10. The number of thiol groups is 1. The summed E-state index contributed by atoms with van der Waals surface area (Å²) >= 11 is 4.18. The molecule has 0 atom stereocenters. The molecule has 0 saturated heterocycles. The van der Waals surface area contributed by atoms with E-state index in [1.807, 2.05) is 0 Å². The van der Waals surface area contributed by atoms with Gasteiger partial charge in [-0.2, -0.15) is 12.6 Å². The number of esters is 1. The van der Waals surface area contributed by atoms with Crippen molar-refractivity contribution < 1.29 is 13.9 Å². The molecule has 0 radical (unpaired) electrons. The maximum Gasteiger partial charge on any atom is 0.355 e. The van der Waals surface area contributed by atoms with Gasteiger partial charge < -0.3 is 4.74 Å². The first-order valence-corrected chi connectivity index (χ1v) is 7.68. The van der Waals surface area contributed by atoms with Gasteiger partial charge in [0.1, 0.15) is 23.0 Å². The van der Waals surface area contributed by atoms with E-state index in [1.165, 1.54) is 12.1 Å². The third kappa shape index (κ3) is 2.92. The number of fused-ring (bicyclic) bond motifs is 1. The fraction of sp³-hybridized carbons (Fsp3) is 0.188. The van der Waals surface area contributed by atoms with Crippen LogP contribution in [0, 0.1) is 5.82 Å². The van der Waals surface area contributed by atoms with Crippen LogP contribution < -0.4 is 0 Å². The molecule has 2 aromatic heterocycles. The molecular formula is C16H14FN3O2S. The van der Waals surface area contributed by atoms with Gasteiger partial charge in [0.15, 0.2) is 0 Å². The zero-order valence-corrected chi connectivity index (χ0v) is 13.3. The molecule has 0 amide bonds. The number of hydrogen-bond donors (Lipinski definition) is 1. The van der Waals surface area contributed by atoms with Gasteiger partial charge in [0.2, 0.25) is 0 Å². The molecule has 7 heteroatoms. The zero-order valence-electron chi connectivity index (χ0n) is 12.4. The van der Waals surface area contributed by atoms with Gasteiger partial charge >= 0.3 is 5.97 Å². The molecule has 1 aromatic carbocycles. The minimum Gasteiger partial charge on any atom is -0.461 e. The average Bonchev–Trinajstić information content (AvgIpc) is 2.94. The highest BCUT2D eigenvalue weighted by atomic mass is 32.1. The average molecular weight is 331 g/mol. The number of carbonyl (C=O) groups is 1. The summed E-state index contributed by atoms with van der Waals surface area (Å²) in [5, 5.41) is 0.697. The molecule has 0 aliphatic rings. The summed E-state index contributed by atoms with van der Waals surface area (Å²) in [6.45, 7) is 2.00. The summed E-state index contributed by atoms with van der Waals surface area (Å²) in [6, 6.07) is 7.49. The Morgan fingerprint density at radius 1 is 1.35 bits per heavy atom. The minimum absolute atomic E-state index is 0.261. The number of hydrogen-bond acceptors (Lipinski definition) is 5. The van der Waals surface area contributed by atoms with Crippen molar-refractivity contribution in [1.29, 1.82) is 0 Å². The van der Waals surface area contributed by atoms with Gasteiger partial charge in [-0.15, -0.1) is 0 Å². The van der Waals surface area contributed by atoms with Crippen molar-refractivity contribution in [2.75, 3.05) is 6.61 Å². The molecule has 0 aliphatic heterocycles. The van der Waals surface area contributed by atoms with Crippen molar-refractivity contribution in [1.82, 2.24) is 14.5 Å². The van der Waals surface area contributed by atoms with Crippen molar-refractivity contribution in [3.63, 3.8) is 0 Å². The first kappa shape index (κ1) is 15.5. The second-order valence-electron chi connectivity index (χ2n) is 4.79. The van der Waals surface area contributed by atoms with Crippen LogP contribution >= 0.6 is 12.6 Å². The maximum atomic E-state index is 13.2. The first-order chi connectivity index (χ1) is 11.1. The standard InChI is InChI=1S/C16H14FN3O2S/c1-2-22-16(21)13-7-10-8-18-14(9-23)19-15(10)20(13)12-5-3-11(17)4-6-12/h3-8,23H,2,9H2,1H3. The molecule has 118 valence electrons. The van der Waals surface area contributed by atoms with Gasteiger partial charge in [-0.05, 0) is 37.3 Å². The lowest BCUT2D eigenvalue weighted by molar-refractivity contribution is 0.0517. The van der Waals surface area contributed by atoms with E-state index in [0.29, 0.717) is 34.0 Å². The normalized spacial score (nSPS) is 10.9. The highest BCUT2D eigenvalue weighted by Crippen LogP contribution is 2.24. The highest BCUT2D eigenvalue weighted by molar-refractivity contribution is 7.79. The van der Waals surface area contributed by atoms with E-state index in [2.05, 4.69) is 22.6 Å². The van der Waals surface area contributed by atoms with Crippen molar-refractivity contribution in [3.05, 3.63) is 53.9 Å². The minimum atomic E-state index is -0.470. The Labute approximate surface area is 137 Å². The Hall–Kier alpha value is -2.41. The highest BCUT2D eigenvalue weighted by Gasteiger charge is 2.19. The molecular weight excluding hydrogens is 317 g/mol. The third-order valence-electron chi connectivity index (χ3n) is 3.30. The van der Waals surface area contributed by atoms with Crippen LogP contribution in [0.3, 0.4) is 0 Å². The summed E-state index contributed by atoms with van der Waals surface area (Å²) in [5.74, 6) is 0.0905. The van der Waals surface area contributed by atoms with Crippen LogP contribution in [0.5, 0.6) is 0 Å². The smallest absolute Gasteiger partial charge is 0.355 e. The number of benzene rings is 1. The van der Waals surface area contributed by atoms with Crippen molar-refractivity contribution in [3.8, 4) is 5.69 Å². The summed E-state index contributed by atoms with van der Waals surface area (Å²) < 4.78 is 19.9. The van der Waals surface area contributed by atoms with E-state index < -0.39 is 5.97 Å². The van der Waals surface area contributed by atoms with E-state index >= 15 is 0 Å². The van der Waals surface area contributed by atoms with Crippen LogP contribution in [0.1, 0.15) is 23.2 Å². The topological polar surface area (TPSA) is 57.0 Å². The fourth-order valence-electron chi connectivity index (χ4n) is 2.31. The molecule has 0 fully saturated rings. The predicted octanol–water partition coefficient (Wildman–Crippen LogP) is 3.17. The van der Waals surface area contributed by atoms with E-state index in [4.69, 9.17) is 4.74 Å². The van der Waals surface area contributed by atoms with Gasteiger partial charge in [-0.3, -0.25) is 4.57 Å². The molecule has 5 nitrogen and oxygen atoms in total. The van der Waals surface area contributed by atoms with Crippen molar-refractivity contribution in [2.45, 2.75) is 12.7 Å². The molecule has 0 bridgehead atoms. The molecule has 23 heavy (non-hydrogen) atoms. The van der Waals surface area contributed by atoms with E-state index in [0.717, 1.165) is 0 Å². The largest absolute Gasteiger partial charge is 0.461 e. The summed E-state index contributed by atoms with van der Waals surface area (Å²) in [5.41, 5.74) is 1.49. The van der Waals surface area contributed by atoms with Crippen molar-refractivity contribution >= 4 is 29.6 Å². The quantitative estimate of drug-likeness (QED) is 0.589. The van der Waals surface area contributed by atoms with Crippen LogP contribution in [0.25, 0.3) is 16.7 Å². The zero-order chi connectivity index (χ0) is 16.4. The predicted molar refractivity (Wildman–Crippen MR) is 87.5 cm³/mol. The van der Waals surface area contributed by atoms with Crippen LogP contribution in [-0.2, 0) is 10.5 Å². The summed E-state index contributed by atoms with van der Waals surface area (Å²) in [7, 11) is 0. The third-order valence-corrected chi connectivity index (χ3v) is 3.58. The van der Waals surface area contributed by atoms with E-state index in [-0.39, 0.29) is 12.4 Å². The van der Waals surface area contributed by atoms with Crippen LogP contribution in [0.15, 0.2) is 36.5 Å². The Morgan fingerprint density at radius 3 is 2.74 bits per heavy atom. The maximum absolute atomic E-state index is 13.2.